The van der Waals surface area contributed by atoms with Crippen LogP contribution in [0.5, 0.6) is 0 Å². The Balaban J connectivity index is 1.17. The van der Waals surface area contributed by atoms with E-state index in [4.69, 9.17) is 4.42 Å². The van der Waals surface area contributed by atoms with Crippen LogP contribution >= 0.6 is 11.3 Å². The second kappa shape index (κ2) is 10.5. The zero-order valence-corrected chi connectivity index (χ0v) is 28.7. The van der Waals surface area contributed by atoms with E-state index in [0.717, 1.165) is 49.7 Å². The van der Waals surface area contributed by atoms with E-state index in [1.54, 1.807) is 0 Å². The van der Waals surface area contributed by atoms with E-state index in [-0.39, 0.29) is 0 Å². The molecule has 8 aromatic carbocycles. The highest BCUT2D eigenvalue weighted by atomic mass is 32.1. The molecule has 0 N–H and O–H groups in total. The molecule has 0 atom stereocenters. The predicted octanol–water partition coefficient (Wildman–Crippen LogP) is 13.8. The molecule has 3 nitrogen and oxygen atoms in total. The molecule has 0 amide bonds. The molecule has 0 unspecified atom stereocenters. The van der Waals surface area contributed by atoms with Crippen LogP contribution in [0.3, 0.4) is 0 Å². The van der Waals surface area contributed by atoms with Crippen LogP contribution in [0.2, 0.25) is 0 Å². The Kier molecular flexibility index (Phi) is 5.65. The Morgan fingerprint density at radius 2 is 0.981 bits per heavy atom. The van der Waals surface area contributed by atoms with Gasteiger partial charge >= 0.3 is 0 Å². The van der Waals surface area contributed by atoms with Gasteiger partial charge in [0, 0.05) is 58.5 Å². The molecule has 0 bridgehead atoms. The average Bonchev–Trinajstić information content (AvgIpc) is 3.95. The predicted molar refractivity (Wildman–Crippen MR) is 221 cm³/mol. The van der Waals surface area contributed by atoms with Crippen molar-refractivity contribution in [1.29, 1.82) is 0 Å². The lowest BCUT2D eigenvalue weighted by atomic mass is 9.99. The maximum atomic E-state index is 6.67. The molecular formula is C48H28N2OS. The van der Waals surface area contributed by atoms with E-state index in [0.29, 0.717) is 0 Å². The highest BCUT2D eigenvalue weighted by molar-refractivity contribution is 7.26. The van der Waals surface area contributed by atoms with Crippen molar-refractivity contribution in [3.8, 4) is 22.5 Å². The van der Waals surface area contributed by atoms with Crippen molar-refractivity contribution in [1.82, 2.24) is 9.13 Å². The molecule has 12 aromatic rings. The first kappa shape index (κ1) is 28.1. The first-order chi connectivity index (χ1) is 25.8. The molecule has 4 aromatic heterocycles. The van der Waals surface area contributed by atoms with Crippen LogP contribution in [0.25, 0.3) is 108 Å². The molecule has 242 valence electrons. The fourth-order valence-corrected chi connectivity index (χ4v) is 9.79. The number of fused-ring (bicyclic) bond motifs is 14. The zero-order valence-electron chi connectivity index (χ0n) is 27.9. The first-order valence-corrected chi connectivity index (χ1v) is 18.5. The van der Waals surface area contributed by atoms with Crippen LogP contribution in [0.4, 0.5) is 0 Å². The molecule has 0 aliphatic carbocycles. The van der Waals surface area contributed by atoms with Gasteiger partial charge in [0.25, 0.3) is 0 Å². The summed E-state index contributed by atoms with van der Waals surface area (Å²) in [5, 5.41) is 9.84. The number of thiophene rings is 1. The van der Waals surface area contributed by atoms with Crippen LogP contribution in [0.1, 0.15) is 0 Å². The molecule has 0 saturated carbocycles. The van der Waals surface area contributed by atoms with Crippen LogP contribution in [0.15, 0.2) is 174 Å². The zero-order chi connectivity index (χ0) is 33.9. The summed E-state index contributed by atoms with van der Waals surface area (Å²) in [6.45, 7) is 0. The Hall–Kier alpha value is -6.62. The Morgan fingerprint density at radius 1 is 0.365 bits per heavy atom. The van der Waals surface area contributed by atoms with Gasteiger partial charge in [-0.2, -0.15) is 0 Å². The fraction of sp³-hybridized carbons (Fsp3) is 0. The highest BCUT2D eigenvalue weighted by Crippen LogP contribution is 2.45. The minimum atomic E-state index is 0.911. The van der Waals surface area contributed by atoms with Gasteiger partial charge in [0.05, 0.1) is 27.5 Å². The minimum Gasteiger partial charge on any atom is -0.455 e. The van der Waals surface area contributed by atoms with Gasteiger partial charge in [-0.1, -0.05) is 91.0 Å². The molecule has 4 heteroatoms. The molecule has 0 fully saturated rings. The molecule has 52 heavy (non-hydrogen) atoms. The number of hydrogen-bond acceptors (Lipinski definition) is 2. The first-order valence-electron chi connectivity index (χ1n) is 17.7. The van der Waals surface area contributed by atoms with Crippen molar-refractivity contribution < 1.29 is 4.42 Å². The van der Waals surface area contributed by atoms with Gasteiger partial charge in [-0.05, 0) is 90.0 Å². The van der Waals surface area contributed by atoms with Crippen molar-refractivity contribution in [3.05, 3.63) is 170 Å². The Labute approximate surface area is 301 Å². The third-order valence-corrected chi connectivity index (χ3v) is 12.0. The SMILES string of the molecule is c1ccc(-n2c3ccc(-c4ccc5c6c7c(ccc6n(-c6ccccc6)c5c4)sc4ccccc47)cc3c3c4oc5ccccc5c4ccc32)cc1. The number of benzene rings is 8. The minimum absolute atomic E-state index is 0.911. The highest BCUT2D eigenvalue weighted by Gasteiger charge is 2.21. The van der Waals surface area contributed by atoms with Crippen molar-refractivity contribution in [2.45, 2.75) is 0 Å². The summed E-state index contributed by atoms with van der Waals surface area (Å²) < 4.78 is 14.1. The summed E-state index contributed by atoms with van der Waals surface area (Å²) >= 11 is 1.88. The number of hydrogen-bond donors (Lipinski definition) is 0. The number of nitrogens with zero attached hydrogens (tertiary/aromatic N) is 2. The van der Waals surface area contributed by atoms with Crippen LogP contribution < -0.4 is 0 Å². The molecule has 4 heterocycles. The van der Waals surface area contributed by atoms with Crippen molar-refractivity contribution in [2.24, 2.45) is 0 Å². The van der Waals surface area contributed by atoms with E-state index in [2.05, 4.69) is 173 Å². The van der Waals surface area contributed by atoms with Gasteiger partial charge in [-0.25, -0.2) is 0 Å². The van der Waals surface area contributed by atoms with Crippen LogP contribution in [-0.4, -0.2) is 9.13 Å². The van der Waals surface area contributed by atoms with E-state index < -0.39 is 0 Å². The van der Waals surface area contributed by atoms with Crippen molar-refractivity contribution >= 4 is 97.1 Å². The van der Waals surface area contributed by atoms with Gasteiger partial charge in [0.1, 0.15) is 11.2 Å². The summed E-state index contributed by atoms with van der Waals surface area (Å²) in [6, 6.07) is 61.6. The summed E-state index contributed by atoms with van der Waals surface area (Å²) in [5.74, 6) is 0. The third-order valence-electron chi connectivity index (χ3n) is 10.9. The lowest BCUT2D eigenvalue weighted by Crippen LogP contribution is -1.93. The number of rotatable bonds is 3. The number of para-hydroxylation sites is 3. The van der Waals surface area contributed by atoms with Gasteiger partial charge in [0.15, 0.2) is 0 Å². The van der Waals surface area contributed by atoms with Gasteiger partial charge in [0.2, 0.25) is 0 Å². The smallest absolute Gasteiger partial charge is 0.145 e. The molecule has 0 spiro atoms. The maximum absolute atomic E-state index is 6.67. The van der Waals surface area contributed by atoms with Gasteiger partial charge < -0.3 is 13.6 Å². The van der Waals surface area contributed by atoms with Crippen LogP contribution in [0, 0.1) is 0 Å². The lowest BCUT2D eigenvalue weighted by Gasteiger charge is -2.10. The summed E-state index contributed by atoms with van der Waals surface area (Å²) in [6.07, 6.45) is 0. The molecular weight excluding hydrogens is 653 g/mol. The second-order valence-corrected chi connectivity index (χ2v) is 14.8. The monoisotopic (exact) mass is 680 g/mol. The van der Waals surface area contributed by atoms with Gasteiger partial charge in [-0.15, -0.1) is 11.3 Å². The van der Waals surface area contributed by atoms with Crippen molar-refractivity contribution in [2.75, 3.05) is 0 Å². The van der Waals surface area contributed by atoms with Gasteiger partial charge in [-0.3, -0.25) is 0 Å². The van der Waals surface area contributed by atoms with E-state index >= 15 is 0 Å². The molecule has 0 aliphatic heterocycles. The second-order valence-electron chi connectivity index (χ2n) is 13.7. The van der Waals surface area contributed by atoms with Crippen molar-refractivity contribution in [3.63, 3.8) is 0 Å². The molecule has 0 radical (unpaired) electrons. The summed E-state index contributed by atoms with van der Waals surface area (Å²) in [4.78, 5) is 0. The number of aromatic nitrogens is 2. The largest absolute Gasteiger partial charge is 0.455 e. The summed E-state index contributed by atoms with van der Waals surface area (Å²) in [5.41, 5.74) is 11.2. The molecule has 12 rings (SSSR count). The molecule has 0 aliphatic rings. The Bertz CT molecular complexity index is 3400. The number of furan rings is 1. The maximum Gasteiger partial charge on any atom is 0.145 e. The quantitative estimate of drug-likeness (QED) is 0.182. The average molecular weight is 681 g/mol. The standard InChI is InChI=1S/C48H28N2OS/c1-3-11-31(12-4-1)49-38-23-20-29(27-37(38)46-40(49)24-22-34-33-15-7-9-17-42(33)51-48(34)46)30-19-21-35-41(28-30)50(32-13-5-2-6-14-32)39-25-26-44-47(45(35)39)36-16-8-10-18-43(36)52-44/h1-28H. The lowest BCUT2D eigenvalue weighted by molar-refractivity contribution is 0.673. The van der Waals surface area contributed by atoms with E-state index in [1.165, 1.54) is 58.5 Å². The van der Waals surface area contributed by atoms with E-state index in [1.807, 2.05) is 17.4 Å². The third kappa shape index (κ3) is 3.79. The molecule has 0 saturated heterocycles. The van der Waals surface area contributed by atoms with Crippen LogP contribution in [-0.2, 0) is 0 Å². The van der Waals surface area contributed by atoms with E-state index in [9.17, 15) is 0 Å². The fourth-order valence-electron chi connectivity index (χ4n) is 8.68. The summed E-state index contributed by atoms with van der Waals surface area (Å²) in [7, 11) is 0. The topological polar surface area (TPSA) is 23.0 Å². The normalized spacial score (nSPS) is 12.2. The Morgan fingerprint density at radius 3 is 1.81 bits per heavy atom.